The number of sulfonamides is 1. The third-order valence-corrected chi connectivity index (χ3v) is 6.09. The van der Waals surface area contributed by atoms with Crippen LogP contribution in [0.4, 0.5) is 0 Å². The summed E-state index contributed by atoms with van der Waals surface area (Å²) < 4.78 is 35.5. The molecule has 0 unspecified atom stereocenters. The van der Waals surface area contributed by atoms with E-state index in [0.29, 0.717) is 30.9 Å². The average molecular weight is 384 g/mol. The summed E-state index contributed by atoms with van der Waals surface area (Å²) in [5.41, 5.74) is 1.92. The average Bonchev–Trinajstić information content (AvgIpc) is 2.60. The minimum absolute atomic E-state index is 0.125. The molecule has 8 heteroatoms. The molecular formula is C18H28N2O5S. The Balaban J connectivity index is 2.12. The molecule has 2 atom stereocenters. The lowest BCUT2D eigenvalue weighted by Gasteiger charge is -2.31. The smallest absolute Gasteiger partial charge is 0.224 e. The highest BCUT2D eigenvalue weighted by atomic mass is 32.2. The van der Waals surface area contributed by atoms with E-state index >= 15 is 0 Å². The Morgan fingerprint density at radius 2 is 1.88 bits per heavy atom. The molecule has 1 amide bonds. The van der Waals surface area contributed by atoms with E-state index in [0.717, 1.165) is 11.1 Å². The maximum absolute atomic E-state index is 12.7. The minimum Gasteiger partial charge on any atom is -0.493 e. The lowest BCUT2D eigenvalue weighted by molar-refractivity contribution is -0.126. The maximum Gasteiger partial charge on any atom is 0.224 e. The molecule has 1 fully saturated rings. The molecule has 0 spiro atoms. The number of aryl methyl sites for hydroxylation is 1. The van der Waals surface area contributed by atoms with Crippen molar-refractivity contribution >= 4 is 15.9 Å². The van der Waals surface area contributed by atoms with E-state index in [1.165, 1.54) is 10.6 Å². The largest absolute Gasteiger partial charge is 0.493 e. The van der Waals surface area contributed by atoms with Crippen LogP contribution in [0.15, 0.2) is 12.1 Å². The molecule has 2 rings (SSSR count). The Bertz CT molecular complexity index is 763. The standard InChI is InChI=1S/C18H28N2O5S/c1-12-9-16(24-3)17(25-4)10-15(12)13(2)19-18(21)14-7-6-8-20(11-14)26(5,22)23/h9-10,13-14H,6-8,11H2,1-5H3,(H,19,21)/t13-,14-/m1/s1. The first kappa shape index (κ1) is 20.5. The van der Waals surface area contributed by atoms with Crippen LogP contribution in [0.1, 0.15) is 36.9 Å². The maximum atomic E-state index is 12.7. The van der Waals surface area contributed by atoms with Crippen LogP contribution in [-0.4, -0.2) is 52.2 Å². The molecule has 1 heterocycles. The normalized spacial score (nSPS) is 19.7. The van der Waals surface area contributed by atoms with Crippen molar-refractivity contribution in [3.05, 3.63) is 23.3 Å². The summed E-state index contributed by atoms with van der Waals surface area (Å²) in [6.07, 6.45) is 2.56. The number of piperidine rings is 1. The number of carbonyl (C=O) groups excluding carboxylic acids is 1. The van der Waals surface area contributed by atoms with Gasteiger partial charge in [-0.3, -0.25) is 4.79 Å². The van der Waals surface area contributed by atoms with E-state index in [-0.39, 0.29) is 24.4 Å². The van der Waals surface area contributed by atoms with Crippen LogP contribution in [0, 0.1) is 12.8 Å². The lowest BCUT2D eigenvalue weighted by atomic mass is 9.96. The fourth-order valence-electron chi connectivity index (χ4n) is 3.33. The van der Waals surface area contributed by atoms with E-state index in [1.54, 1.807) is 14.2 Å². The number of nitrogens with one attached hydrogen (secondary N) is 1. The first-order chi connectivity index (χ1) is 12.2. The molecule has 0 bridgehead atoms. The minimum atomic E-state index is -3.27. The van der Waals surface area contributed by atoms with Gasteiger partial charge in [-0.2, -0.15) is 0 Å². The van der Waals surface area contributed by atoms with Crippen LogP contribution in [-0.2, 0) is 14.8 Å². The van der Waals surface area contributed by atoms with Crippen LogP contribution in [0.5, 0.6) is 11.5 Å². The zero-order chi connectivity index (χ0) is 19.5. The van der Waals surface area contributed by atoms with Crippen LogP contribution in [0.2, 0.25) is 0 Å². The summed E-state index contributed by atoms with van der Waals surface area (Å²) in [6, 6.07) is 3.52. The topological polar surface area (TPSA) is 84.9 Å². The SMILES string of the molecule is COc1cc(C)c([C@@H](C)NC(=O)[C@@H]2CCCN(S(C)(=O)=O)C2)cc1OC. The van der Waals surface area contributed by atoms with Gasteiger partial charge in [0.15, 0.2) is 11.5 Å². The molecule has 1 aliphatic rings. The Labute approximate surface area is 155 Å². The molecule has 146 valence electrons. The molecule has 0 aliphatic carbocycles. The number of methoxy groups -OCH3 is 2. The van der Waals surface area contributed by atoms with Gasteiger partial charge in [0.25, 0.3) is 0 Å². The van der Waals surface area contributed by atoms with Gasteiger partial charge in [-0.15, -0.1) is 0 Å². The predicted octanol–water partition coefficient (Wildman–Crippen LogP) is 1.86. The van der Waals surface area contributed by atoms with Gasteiger partial charge in [0, 0.05) is 13.1 Å². The van der Waals surface area contributed by atoms with Crippen molar-refractivity contribution in [3.63, 3.8) is 0 Å². The van der Waals surface area contributed by atoms with E-state index in [2.05, 4.69) is 5.32 Å². The summed E-state index contributed by atoms with van der Waals surface area (Å²) >= 11 is 0. The summed E-state index contributed by atoms with van der Waals surface area (Å²) in [7, 11) is -0.120. The van der Waals surface area contributed by atoms with E-state index in [1.807, 2.05) is 26.0 Å². The third-order valence-electron chi connectivity index (χ3n) is 4.82. The van der Waals surface area contributed by atoms with Gasteiger partial charge >= 0.3 is 0 Å². The van der Waals surface area contributed by atoms with E-state index in [4.69, 9.17) is 9.47 Å². The van der Waals surface area contributed by atoms with Crippen molar-refractivity contribution in [2.45, 2.75) is 32.7 Å². The summed E-state index contributed by atoms with van der Waals surface area (Å²) in [5.74, 6) is 0.792. The molecule has 1 saturated heterocycles. The van der Waals surface area contributed by atoms with E-state index in [9.17, 15) is 13.2 Å². The zero-order valence-corrected chi connectivity index (χ0v) is 16.9. The fraction of sp³-hybridized carbons (Fsp3) is 0.611. The molecule has 1 aromatic carbocycles. The van der Waals surface area contributed by atoms with Crippen molar-refractivity contribution in [1.29, 1.82) is 0 Å². The van der Waals surface area contributed by atoms with Gasteiger partial charge in [0.2, 0.25) is 15.9 Å². The molecule has 7 nitrogen and oxygen atoms in total. The zero-order valence-electron chi connectivity index (χ0n) is 16.0. The van der Waals surface area contributed by atoms with Crippen molar-refractivity contribution in [3.8, 4) is 11.5 Å². The molecule has 0 radical (unpaired) electrons. The Kier molecular flexibility index (Phi) is 6.52. The van der Waals surface area contributed by atoms with Gasteiger partial charge in [-0.25, -0.2) is 12.7 Å². The van der Waals surface area contributed by atoms with Gasteiger partial charge < -0.3 is 14.8 Å². The molecule has 1 aliphatic heterocycles. The molecule has 26 heavy (non-hydrogen) atoms. The number of hydrogen-bond donors (Lipinski definition) is 1. The number of rotatable bonds is 6. The first-order valence-corrected chi connectivity index (χ1v) is 10.5. The summed E-state index contributed by atoms with van der Waals surface area (Å²) in [4.78, 5) is 12.7. The molecule has 0 saturated carbocycles. The van der Waals surface area contributed by atoms with Crippen LogP contribution >= 0.6 is 0 Å². The second-order valence-corrected chi connectivity index (χ2v) is 8.74. The molecule has 1 aromatic rings. The fourth-order valence-corrected chi connectivity index (χ4v) is 4.24. The van der Waals surface area contributed by atoms with Gasteiger partial charge in [-0.05, 0) is 49.9 Å². The summed E-state index contributed by atoms with van der Waals surface area (Å²) in [5, 5.41) is 3.01. The van der Waals surface area contributed by atoms with Gasteiger partial charge in [0.05, 0.1) is 32.4 Å². The first-order valence-electron chi connectivity index (χ1n) is 8.65. The number of nitrogens with zero attached hydrogens (tertiary/aromatic N) is 1. The van der Waals surface area contributed by atoms with Crippen molar-refractivity contribution in [2.75, 3.05) is 33.6 Å². The Morgan fingerprint density at radius 1 is 1.27 bits per heavy atom. The molecular weight excluding hydrogens is 356 g/mol. The highest BCUT2D eigenvalue weighted by Crippen LogP contribution is 2.33. The molecule has 0 aromatic heterocycles. The summed E-state index contributed by atoms with van der Waals surface area (Å²) in [6.45, 7) is 4.57. The van der Waals surface area contributed by atoms with Crippen molar-refractivity contribution < 1.29 is 22.7 Å². The highest BCUT2D eigenvalue weighted by molar-refractivity contribution is 7.88. The number of benzene rings is 1. The second kappa shape index (κ2) is 8.26. The van der Waals surface area contributed by atoms with Crippen LogP contribution in [0.3, 0.4) is 0 Å². The monoisotopic (exact) mass is 384 g/mol. The van der Waals surface area contributed by atoms with Gasteiger partial charge in [-0.1, -0.05) is 0 Å². The highest BCUT2D eigenvalue weighted by Gasteiger charge is 2.31. The number of amides is 1. The van der Waals surface area contributed by atoms with Crippen LogP contribution < -0.4 is 14.8 Å². The van der Waals surface area contributed by atoms with Crippen molar-refractivity contribution in [2.24, 2.45) is 5.92 Å². The molecule has 1 N–H and O–H groups in total. The number of ether oxygens (including phenoxy) is 2. The number of hydrogen-bond acceptors (Lipinski definition) is 5. The Morgan fingerprint density at radius 3 is 2.46 bits per heavy atom. The third kappa shape index (κ3) is 4.67. The lowest BCUT2D eigenvalue weighted by Crippen LogP contribution is -2.45. The van der Waals surface area contributed by atoms with Crippen molar-refractivity contribution in [1.82, 2.24) is 9.62 Å². The van der Waals surface area contributed by atoms with Gasteiger partial charge in [0.1, 0.15) is 0 Å². The second-order valence-electron chi connectivity index (χ2n) is 6.75. The Hall–Kier alpha value is -1.80. The van der Waals surface area contributed by atoms with E-state index < -0.39 is 10.0 Å². The predicted molar refractivity (Wildman–Crippen MR) is 100.0 cm³/mol. The van der Waals surface area contributed by atoms with Crippen LogP contribution in [0.25, 0.3) is 0 Å². The number of carbonyl (C=O) groups is 1. The quantitative estimate of drug-likeness (QED) is 0.809.